The lowest BCUT2D eigenvalue weighted by Gasteiger charge is -2.09. The molecule has 1 aromatic carbocycles. The number of amides is 1. The van der Waals surface area contributed by atoms with Gasteiger partial charge in [0.05, 0.1) is 24.0 Å². The van der Waals surface area contributed by atoms with Crippen LogP contribution in [0.4, 0.5) is 5.00 Å². The van der Waals surface area contributed by atoms with Crippen molar-refractivity contribution in [3.8, 4) is 23.2 Å². The number of hydrogen-bond acceptors (Lipinski definition) is 8. The number of ether oxygens (including phenoxy) is 1. The number of nitrogen functional groups attached to an aromatic ring is 1. The number of anilines is 1. The predicted molar refractivity (Wildman–Crippen MR) is 117 cm³/mol. The number of benzene rings is 1. The average molecular weight is 441 g/mol. The van der Waals surface area contributed by atoms with Crippen LogP contribution in [0.2, 0.25) is 0 Å². The summed E-state index contributed by atoms with van der Waals surface area (Å²) in [6, 6.07) is 9.63. The number of rotatable bonds is 6. The van der Waals surface area contributed by atoms with E-state index >= 15 is 0 Å². The van der Waals surface area contributed by atoms with E-state index in [-0.39, 0.29) is 11.7 Å². The van der Waals surface area contributed by atoms with Gasteiger partial charge in [0.2, 0.25) is 11.1 Å². The van der Waals surface area contributed by atoms with E-state index in [9.17, 15) is 10.1 Å². The first-order chi connectivity index (χ1) is 14.6. The van der Waals surface area contributed by atoms with Crippen molar-refractivity contribution in [1.82, 2.24) is 14.9 Å². The van der Waals surface area contributed by atoms with E-state index in [0.717, 1.165) is 31.2 Å². The number of methoxy groups -OCH3 is 1. The first-order valence-electron chi connectivity index (χ1n) is 9.43. The van der Waals surface area contributed by atoms with Crippen molar-refractivity contribution in [2.45, 2.75) is 30.8 Å². The van der Waals surface area contributed by atoms with E-state index < -0.39 is 0 Å². The Balaban J connectivity index is 1.45. The zero-order valence-corrected chi connectivity index (χ0v) is 18.0. The van der Waals surface area contributed by atoms with Gasteiger partial charge in [0, 0.05) is 4.88 Å². The summed E-state index contributed by atoms with van der Waals surface area (Å²) in [6.45, 7) is 0. The Kier molecular flexibility index (Phi) is 5.92. The molecule has 0 spiro atoms. The molecule has 0 radical (unpaired) electrons. The van der Waals surface area contributed by atoms with Gasteiger partial charge in [-0.25, -0.2) is 4.68 Å². The minimum Gasteiger partial charge on any atom is -0.496 e. The van der Waals surface area contributed by atoms with Crippen LogP contribution in [0.5, 0.6) is 5.75 Å². The first-order valence-corrected chi connectivity index (χ1v) is 11.2. The van der Waals surface area contributed by atoms with Gasteiger partial charge in [-0.2, -0.15) is 5.26 Å². The van der Waals surface area contributed by atoms with Crippen molar-refractivity contribution >= 4 is 34.0 Å². The molecule has 2 heterocycles. The summed E-state index contributed by atoms with van der Waals surface area (Å²) < 4.78 is 6.70. The minimum atomic E-state index is -0.211. The molecule has 1 aliphatic rings. The molecule has 0 fully saturated rings. The van der Waals surface area contributed by atoms with Crippen molar-refractivity contribution < 1.29 is 9.53 Å². The summed E-state index contributed by atoms with van der Waals surface area (Å²) in [4.78, 5) is 13.7. The van der Waals surface area contributed by atoms with E-state index in [1.807, 2.05) is 24.3 Å². The van der Waals surface area contributed by atoms with Crippen LogP contribution in [0.3, 0.4) is 0 Å². The molecular weight excluding hydrogens is 420 g/mol. The summed E-state index contributed by atoms with van der Waals surface area (Å²) in [7, 11) is 1.58. The molecule has 0 saturated heterocycles. The second-order valence-electron chi connectivity index (χ2n) is 6.74. The highest BCUT2D eigenvalue weighted by Crippen LogP contribution is 2.37. The lowest BCUT2D eigenvalue weighted by molar-refractivity contribution is -0.113. The van der Waals surface area contributed by atoms with Gasteiger partial charge in [-0.05, 0) is 43.4 Å². The highest BCUT2D eigenvalue weighted by Gasteiger charge is 2.22. The number of nitrogens with zero attached hydrogens (tertiary/aromatic N) is 4. The van der Waals surface area contributed by atoms with E-state index in [0.29, 0.717) is 32.9 Å². The van der Waals surface area contributed by atoms with Gasteiger partial charge in [0.1, 0.15) is 16.8 Å². The fraction of sp³-hybridized carbons (Fsp3) is 0.300. The Labute approximate surface area is 182 Å². The number of carbonyl (C=O) groups excluding carboxylic acids is 1. The summed E-state index contributed by atoms with van der Waals surface area (Å²) in [6.07, 6.45) is 4.09. The molecule has 0 unspecified atom stereocenters. The Morgan fingerprint density at radius 1 is 1.37 bits per heavy atom. The van der Waals surface area contributed by atoms with Crippen molar-refractivity contribution in [2.24, 2.45) is 0 Å². The van der Waals surface area contributed by atoms with Crippen LogP contribution in [0.15, 0.2) is 29.4 Å². The maximum atomic E-state index is 12.5. The molecule has 3 aromatic rings. The molecule has 1 aliphatic carbocycles. The van der Waals surface area contributed by atoms with Gasteiger partial charge in [0.25, 0.3) is 0 Å². The number of nitriles is 1. The molecule has 0 bridgehead atoms. The number of thioether (sulfide) groups is 1. The number of carbonyl (C=O) groups is 1. The molecule has 1 amide bonds. The van der Waals surface area contributed by atoms with Crippen molar-refractivity contribution in [1.29, 1.82) is 5.26 Å². The molecule has 0 saturated carbocycles. The summed E-state index contributed by atoms with van der Waals surface area (Å²) in [5.41, 5.74) is 2.42. The van der Waals surface area contributed by atoms with Crippen molar-refractivity contribution in [3.05, 3.63) is 40.3 Å². The van der Waals surface area contributed by atoms with Gasteiger partial charge in [-0.1, -0.05) is 23.9 Å². The molecule has 30 heavy (non-hydrogen) atoms. The molecule has 0 aliphatic heterocycles. The number of fused-ring (bicyclic) bond motifs is 1. The van der Waals surface area contributed by atoms with Crippen molar-refractivity contribution in [3.63, 3.8) is 0 Å². The third-order valence-electron chi connectivity index (χ3n) is 4.88. The molecule has 8 nitrogen and oxygen atoms in total. The lowest BCUT2D eigenvalue weighted by atomic mass is 9.96. The number of aromatic nitrogens is 3. The average Bonchev–Trinajstić information content (AvgIpc) is 3.31. The first kappa shape index (κ1) is 20.3. The summed E-state index contributed by atoms with van der Waals surface area (Å²) in [5, 5.41) is 21.7. The standard InChI is InChI=1S/C20H20N6O2S2/c1-28-15-8-4-2-7-13(15)18-24-25-20(26(18)22)29-11-17(27)23-19-14(10-21)12-6-3-5-9-16(12)30-19/h2,4,7-8H,3,5-6,9,11,22H2,1H3,(H,23,27). The topological polar surface area (TPSA) is 119 Å². The quantitative estimate of drug-likeness (QED) is 0.446. The Morgan fingerprint density at radius 2 is 2.17 bits per heavy atom. The van der Waals surface area contributed by atoms with E-state index in [1.165, 1.54) is 32.7 Å². The number of nitrogens with one attached hydrogen (secondary N) is 1. The molecule has 4 rings (SSSR count). The van der Waals surface area contributed by atoms with Crippen LogP contribution in [-0.4, -0.2) is 33.6 Å². The lowest BCUT2D eigenvalue weighted by Crippen LogP contribution is -2.16. The fourth-order valence-corrected chi connectivity index (χ4v) is 5.37. The molecule has 154 valence electrons. The highest BCUT2D eigenvalue weighted by molar-refractivity contribution is 7.99. The van der Waals surface area contributed by atoms with Gasteiger partial charge in [-0.15, -0.1) is 21.5 Å². The molecule has 10 heteroatoms. The Bertz CT molecular complexity index is 1130. The molecular formula is C20H20N6O2S2. The number of hydrogen-bond donors (Lipinski definition) is 2. The highest BCUT2D eigenvalue weighted by atomic mass is 32.2. The van der Waals surface area contributed by atoms with Crippen LogP contribution in [0.1, 0.15) is 28.8 Å². The third-order valence-corrected chi connectivity index (χ3v) is 7.03. The number of thiophene rings is 1. The maximum absolute atomic E-state index is 12.5. The van der Waals surface area contributed by atoms with Crippen LogP contribution in [-0.2, 0) is 17.6 Å². The zero-order valence-electron chi connectivity index (χ0n) is 16.3. The van der Waals surface area contributed by atoms with Crippen LogP contribution < -0.4 is 15.9 Å². The minimum absolute atomic E-state index is 0.106. The fourth-order valence-electron chi connectivity index (χ4n) is 3.45. The van der Waals surface area contributed by atoms with Gasteiger partial charge in [-0.3, -0.25) is 4.79 Å². The second kappa shape index (κ2) is 8.77. The van der Waals surface area contributed by atoms with Crippen LogP contribution >= 0.6 is 23.1 Å². The van der Waals surface area contributed by atoms with Crippen molar-refractivity contribution in [2.75, 3.05) is 24.0 Å². The summed E-state index contributed by atoms with van der Waals surface area (Å²) in [5.74, 6) is 7.13. The van der Waals surface area contributed by atoms with E-state index in [4.69, 9.17) is 10.6 Å². The third kappa shape index (κ3) is 3.86. The zero-order chi connectivity index (χ0) is 21.1. The second-order valence-corrected chi connectivity index (χ2v) is 8.79. The number of para-hydroxylation sites is 1. The van der Waals surface area contributed by atoms with E-state index in [1.54, 1.807) is 7.11 Å². The van der Waals surface area contributed by atoms with Gasteiger partial charge < -0.3 is 15.9 Å². The molecule has 0 atom stereocenters. The van der Waals surface area contributed by atoms with Gasteiger partial charge >= 0.3 is 0 Å². The normalized spacial score (nSPS) is 12.8. The van der Waals surface area contributed by atoms with Gasteiger partial charge in [0.15, 0.2) is 5.82 Å². The Hall–Kier alpha value is -3.03. The largest absolute Gasteiger partial charge is 0.496 e. The monoisotopic (exact) mass is 440 g/mol. The smallest absolute Gasteiger partial charge is 0.235 e. The Morgan fingerprint density at radius 3 is 2.97 bits per heavy atom. The summed E-state index contributed by atoms with van der Waals surface area (Å²) >= 11 is 2.69. The van der Waals surface area contributed by atoms with Crippen LogP contribution in [0, 0.1) is 11.3 Å². The molecule has 3 N–H and O–H groups in total. The van der Waals surface area contributed by atoms with E-state index in [2.05, 4.69) is 21.6 Å². The predicted octanol–water partition coefficient (Wildman–Crippen LogP) is 3.21. The SMILES string of the molecule is COc1ccccc1-c1nnc(SCC(=O)Nc2sc3c(c2C#N)CCCC3)n1N. The molecule has 2 aromatic heterocycles. The number of aryl methyl sites for hydroxylation is 1. The number of nitrogens with two attached hydrogens (primary N) is 1. The maximum Gasteiger partial charge on any atom is 0.235 e. The van der Waals surface area contributed by atoms with Crippen LogP contribution in [0.25, 0.3) is 11.4 Å².